The molecule has 0 bridgehead atoms. The number of hydrogen-bond donors (Lipinski definition) is 1. The average molecular weight is 380 g/mol. The van der Waals surface area contributed by atoms with E-state index in [1.165, 1.54) is 21.2 Å². The van der Waals surface area contributed by atoms with Crippen LogP contribution in [0.25, 0.3) is 10.8 Å². The topological polar surface area (TPSA) is 60.9 Å². The Labute approximate surface area is 165 Å². The van der Waals surface area contributed by atoms with E-state index >= 15 is 0 Å². The lowest BCUT2D eigenvalue weighted by atomic mass is 9.85. The maximum absolute atomic E-state index is 12.9. The molecule has 2 aromatic rings. The summed E-state index contributed by atoms with van der Waals surface area (Å²) in [6, 6.07) is 14.9. The van der Waals surface area contributed by atoms with Crippen LogP contribution in [0.3, 0.4) is 0 Å². The number of carbonyl (C=O) groups is 2. The van der Waals surface area contributed by atoms with Gasteiger partial charge in [-0.25, -0.2) is 0 Å². The fraction of sp³-hybridized carbons (Fsp3) is 0.478. The first-order valence-electron chi connectivity index (χ1n) is 10.4. The minimum Gasteiger partial charge on any atom is -0.480 e. The first kappa shape index (κ1) is 18.9. The Morgan fingerprint density at radius 2 is 1.71 bits per heavy atom. The molecule has 2 saturated heterocycles. The lowest BCUT2D eigenvalue weighted by molar-refractivity contribution is -0.146. The van der Waals surface area contributed by atoms with Crippen LogP contribution in [-0.4, -0.2) is 59.0 Å². The van der Waals surface area contributed by atoms with Gasteiger partial charge in [-0.05, 0) is 67.4 Å². The molecule has 2 heterocycles. The monoisotopic (exact) mass is 380 g/mol. The molecule has 1 unspecified atom stereocenters. The van der Waals surface area contributed by atoms with Crippen molar-refractivity contribution in [1.29, 1.82) is 0 Å². The van der Waals surface area contributed by atoms with Crippen LogP contribution < -0.4 is 0 Å². The Morgan fingerprint density at radius 1 is 0.964 bits per heavy atom. The summed E-state index contributed by atoms with van der Waals surface area (Å²) in [5, 5.41) is 11.7. The van der Waals surface area contributed by atoms with E-state index in [0.717, 1.165) is 45.2 Å². The predicted molar refractivity (Wildman–Crippen MR) is 109 cm³/mol. The molecule has 1 amide bonds. The predicted octanol–water partition coefficient (Wildman–Crippen LogP) is 3.48. The van der Waals surface area contributed by atoms with Gasteiger partial charge < -0.3 is 10.0 Å². The molecule has 0 radical (unpaired) electrons. The number of benzene rings is 2. The van der Waals surface area contributed by atoms with Crippen LogP contribution in [0.15, 0.2) is 42.5 Å². The van der Waals surface area contributed by atoms with Crippen LogP contribution in [0.5, 0.6) is 0 Å². The van der Waals surface area contributed by atoms with Crippen molar-refractivity contribution < 1.29 is 14.7 Å². The standard InChI is InChI=1S/C23H28N2O3/c26-22(27)16-25-13-4-3-10-21(23(25)28)24-14-11-18(12-15-24)20-9-5-7-17-6-1-2-8-19(17)20/h1-2,5-9,18,21H,3-4,10-16H2,(H,26,27). The number of carbonyl (C=O) groups excluding carboxylic acids is 1. The molecule has 0 aliphatic carbocycles. The summed E-state index contributed by atoms with van der Waals surface area (Å²) in [6.45, 7) is 2.17. The van der Waals surface area contributed by atoms with E-state index in [2.05, 4.69) is 47.4 Å². The summed E-state index contributed by atoms with van der Waals surface area (Å²) < 4.78 is 0. The number of fused-ring (bicyclic) bond motifs is 1. The Balaban J connectivity index is 1.46. The Bertz CT molecular complexity index is 853. The number of nitrogens with zero attached hydrogens (tertiary/aromatic N) is 2. The quantitative estimate of drug-likeness (QED) is 0.882. The third-order valence-corrected chi connectivity index (χ3v) is 6.31. The van der Waals surface area contributed by atoms with Crippen molar-refractivity contribution in [3.05, 3.63) is 48.0 Å². The molecule has 4 rings (SSSR count). The summed E-state index contributed by atoms with van der Waals surface area (Å²) in [4.78, 5) is 27.9. The first-order chi connectivity index (χ1) is 13.6. The highest BCUT2D eigenvalue weighted by atomic mass is 16.4. The van der Waals surface area contributed by atoms with Crippen molar-refractivity contribution in [1.82, 2.24) is 9.80 Å². The van der Waals surface area contributed by atoms with Gasteiger partial charge in [0, 0.05) is 6.54 Å². The van der Waals surface area contributed by atoms with Crippen LogP contribution in [0.1, 0.15) is 43.6 Å². The molecule has 2 aliphatic rings. The first-order valence-corrected chi connectivity index (χ1v) is 10.4. The molecule has 28 heavy (non-hydrogen) atoms. The molecule has 2 aliphatic heterocycles. The maximum Gasteiger partial charge on any atom is 0.323 e. The number of amides is 1. The van der Waals surface area contributed by atoms with Crippen LogP contribution in [0.2, 0.25) is 0 Å². The summed E-state index contributed by atoms with van der Waals surface area (Å²) in [5.41, 5.74) is 1.41. The highest BCUT2D eigenvalue weighted by Gasteiger charge is 2.34. The van der Waals surface area contributed by atoms with Gasteiger partial charge >= 0.3 is 5.97 Å². The van der Waals surface area contributed by atoms with Gasteiger partial charge in [-0.1, -0.05) is 42.5 Å². The third kappa shape index (κ3) is 3.90. The van der Waals surface area contributed by atoms with E-state index in [1.54, 1.807) is 0 Å². The van der Waals surface area contributed by atoms with Gasteiger partial charge in [0.15, 0.2) is 0 Å². The second-order valence-electron chi connectivity index (χ2n) is 8.04. The van der Waals surface area contributed by atoms with Crippen LogP contribution in [0.4, 0.5) is 0 Å². The van der Waals surface area contributed by atoms with Gasteiger partial charge in [0.05, 0.1) is 6.04 Å². The number of piperidine rings is 1. The zero-order chi connectivity index (χ0) is 19.5. The number of aliphatic carboxylic acids is 1. The molecule has 0 spiro atoms. The zero-order valence-corrected chi connectivity index (χ0v) is 16.2. The van der Waals surface area contributed by atoms with Gasteiger partial charge in [-0.2, -0.15) is 0 Å². The highest BCUT2D eigenvalue weighted by Crippen LogP contribution is 2.34. The highest BCUT2D eigenvalue weighted by molar-refractivity contribution is 5.86. The molecule has 5 nitrogen and oxygen atoms in total. The molecule has 0 saturated carbocycles. The lowest BCUT2D eigenvalue weighted by Crippen LogP contribution is -2.51. The summed E-state index contributed by atoms with van der Waals surface area (Å²) in [5.74, 6) is -0.412. The van der Waals surface area contributed by atoms with Crippen molar-refractivity contribution in [3.8, 4) is 0 Å². The lowest BCUT2D eigenvalue weighted by Gasteiger charge is -2.38. The van der Waals surface area contributed by atoms with Crippen LogP contribution in [0, 0.1) is 0 Å². The van der Waals surface area contributed by atoms with Crippen LogP contribution in [-0.2, 0) is 9.59 Å². The molecule has 148 valence electrons. The Hall–Kier alpha value is -2.40. The normalized spacial score (nSPS) is 22.4. The minimum absolute atomic E-state index is 0.00325. The van der Waals surface area contributed by atoms with Gasteiger partial charge in [0.1, 0.15) is 6.54 Å². The second-order valence-corrected chi connectivity index (χ2v) is 8.04. The van der Waals surface area contributed by atoms with Crippen LogP contribution >= 0.6 is 0 Å². The van der Waals surface area contributed by atoms with E-state index in [0.29, 0.717) is 12.5 Å². The number of carboxylic acids is 1. The maximum atomic E-state index is 12.9. The smallest absolute Gasteiger partial charge is 0.323 e. The van der Waals surface area contributed by atoms with Gasteiger partial charge in [0.2, 0.25) is 5.91 Å². The molecule has 1 atom stereocenters. The Morgan fingerprint density at radius 3 is 2.50 bits per heavy atom. The largest absolute Gasteiger partial charge is 0.480 e. The summed E-state index contributed by atoms with van der Waals surface area (Å²) in [7, 11) is 0. The van der Waals surface area contributed by atoms with Gasteiger partial charge in [-0.15, -0.1) is 0 Å². The minimum atomic E-state index is -0.927. The van der Waals surface area contributed by atoms with E-state index in [-0.39, 0.29) is 18.5 Å². The van der Waals surface area contributed by atoms with E-state index in [9.17, 15) is 9.59 Å². The van der Waals surface area contributed by atoms with Gasteiger partial charge in [-0.3, -0.25) is 14.5 Å². The number of likely N-dealkylation sites (tertiary alicyclic amines) is 2. The molecule has 2 aromatic carbocycles. The van der Waals surface area contributed by atoms with E-state index in [4.69, 9.17) is 5.11 Å². The van der Waals surface area contributed by atoms with Crippen molar-refractivity contribution in [3.63, 3.8) is 0 Å². The fourth-order valence-corrected chi connectivity index (χ4v) is 4.87. The van der Waals surface area contributed by atoms with Gasteiger partial charge in [0.25, 0.3) is 0 Å². The third-order valence-electron chi connectivity index (χ3n) is 6.31. The molecule has 1 N–H and O–H groups in total. The molecular weight excluding hydrogens is 352 g/mol. The van der Waals surface area contributed by atoms with E-state index < -0.39 is 5.97 Å². The SMILES string of the molecule is O=C(O)CN1CCCCC(N2CCC(c3cccc4ccccc34)CC2)C1=O. The number of rotatable bonds is 4. The molecule has 0 aromatic heterocycles. The number of hydrogen-bond acceptors (Lipinski definition) is 3. The summed E-state index contributed by atoms with van der Waals surface area (Å²) in [6.07, 6.45) is 4.79. The zero-order valence-electron chi connectivity index (χ0n) is 16.2. The van der Waals surface area contributed by atoms with Crippen molar-refractivity contribution in [2.45, 2.75) is 44.1 Å². The van der Waals surface area contributed by atoms with E-state index in [1.807, 2.05) is 0 Å². The van der Waals surface area contributed by atoms with Crippen molar-refractivity contribution in [2.75, 3.05) is 26.2 Å². The summed E-state index contributed by atoms with van der Waals surface area (Å²) >= 11 is 0. The molecule has 2 fully saturated rings. The second kappa shape index (κ2) is 8.31. The molecule has 5 heteroatoms. The Kier molecular flexibility index (Phi) is 5.62. The van der Waals surface area contributed by atoms with Crippen molar-refractivity contribution >= 4 is 22.6 Å². The van der Waals surface area contributed by atoms with Crippen molar-refractivity contribution in [2.24, 2.45) is 0 Å². The fourth-order valence-electron chi connectivity index (χ4n) is 4.87. The number of carboxylic acid groups (broad SMARTS) is 1. The molecular formula is C23H28N2O3. The average Bonchev–Trinajstić information content (AvgIpc) is 2.89.